The van der Waals surface area contributed by atoms with Gasteiger partial charge in [0.15, 0.2) is 0 Å². The van der Waals surface area contributed by atoms with Crippen molar-refractivity contribution in [3.05, 3.63) is 71.0 Å². The zero-order valence-corrected chi connectivity index (χ0v) is 12.6. The van der Waals surface area contributed by atoms with Crippen LogP contribution in [0.1, 0.15) is 36.8 Å². The van der Waals surface area contributed by atoms with Crippen molar-refractivity contribution in [1.82, 2.24) is 0 Å². The first kappa shape index (κ1) is 15.5. The maximum absolute atomic E-state index is 12.2. The second-order valence-corrected chi connectivity index (χ2v) is 5.12. The number of aryl methyl sites for hydroxylation is 1. The van der Waals surface area contributed by atoms with Gasteiger partial charge in [0, 0.05) is 10.9 Å². The fourth-order valence-corrected chi connectivity index (χ4v) is 2.34. The van der Waals surface area contributed by atoms with E-state index in [0.717, 1.165) is 11.5 Å². The lowest BCUT2D eigenvalue weighted by Gasteiger charge is -2.03. The molecular weight excluding hydrogens is 312 g/mol. The van der Waals surface area contributed by atoms with Crippen LogP contribution in [0, 0.1) is 6.92 Å². The molecule has 6 heteroatoms. The van der Waals surface area contributed by atoms with Crippen molar-refractivity contribution in [2.45, 2.75) is 6.92 Å². The number of benzene rings is 2. The maximum Gasteiger partial charge on any atom is 0.382 e. The molecule has 0 aliphatic heterocycles. The molecule has 0 amide bonds. The molecule has 0 saturated carbocycles. The highest BCUT2D eigenvalue weighted by atomic mass is 16.6. The van der Waals surface area contributed by atoms with E-state index in [-0.39, 0.29) is 16.9 Å². The third-order valence-corrected chi connectivity index (χ3v) is 3.56. The first-order valence-electron chi connectivity index (χ1n) is 7.05. The van der Waals surface area contributed by atoms with Gasteiger partial charge in [0.2, 0.25) is 5.76 Å². The van der Waals surface area contributed by atoms with Crippen LogP contribution in [0.25, 0.3) is 11.0 Å². The Balaban J connectivity index is 1.86. The molecule has 0 bridgehead atoms. The molecule has 6 nitrogen and oxygen atoms in total. The summed E-state index contributed by atoms with van der Waals surface area (Å²) in [5, 5.41) is 9.69. The maximum atomic E-state index is 12.2. The van der Waals surface area contributed by atoms with E-state index in [1.807, 2.05) is 6.07 Å². The number of fused-ring (bicyclic) bond motifs is 1. The van der Waals surface area contributed by atoms with Gasteiger partial charge in [-0.25, -0.2) is 14.4 Å². The van der Waals surface area contributed by atoms with Crippen LogP contribution in [-0.2, 0) is 4.74 Å². The molecule has 0 radical (unpaired) electrons. The quantitative estimate of drug-likeness (QED) is 0.586. The summed E-state index contributed by atoms with van der Waals surface area (Å²) in [6, 6.07) is 12.3. The number of rotatable bonds is 3. The minimum atomic E-state index is -1.18. The first-order chi connectivity index (χ1) is 11.5. The summed E-state index contributed by atoms with van der Waals surface area (Å²) < 4.78 is 10.2. The monoisotopic (exact) mass is 324 g/mol. The average Bonchev–Trinajstić information content (AvgIpc) is 2.92. The Labute approximate surface area is 136 Å². The number of hydrogen-bond acceptors (Lipinski definition) is 5. The number of para-hydroxylation sites is 1. The van der Waals surface area contributed by atoms with E-state index in [4.69, 9.17) is 14.3 Å². The van der Waals surface area contributed by atoms with Crippen molar-refractivity contribution in [3.8, 4) is 0 Å². The fourth-order valence-electron chi connectivity index (χ4n) is 2.34. The normalized spacial score (nSPS) is 10.5. The van der Waals surface area contributed by atoms with Crippen molar-refractivity contribution in [1.29, 1.82) is 0 Å². The van der Waals surface area contributed by atoms with Gasteiger partial charge >= 0.3 is 17.9 Å². The summed E-state index contributed by atoms with van der Waals surface area (Å²) >= 11 is 0. The Morgan fingerprint density at radius 3 is 2.38 bits per heavy atom. The van der Waals surface area contributed by atoms with Gasteiger partial charge in [0.25, 0.3) is 0 Å². The van der Waals surface area contributed by atoms with Gasteiger partial charge in [-0.3, -0.25) is 0 Å². The summed E-state index contributed by atoms with van der Waals surface area (Å²) in [6.45, 7) is 1.69. The minimum Gasteiger partial charge on any atom is -0.478 e. The Morgan fingerprint density at radius 2 is 1.67 bits per heavy atom. The van der Waals surface area contributed by atoms with Gasteiger partial charge in [-0.05, 0) is 31.2 Å². The van der Waals surface area contributed by atoms with Gasteiger partial charge in [-0.2, -0.15) is 0 Å². The van der Waals surface area contributed by atoms with Crippen LogP contribution in [0.3, 0.4) is 0 Å². The standard InChI is InChI=1S/C18H12O6/c1-10-13-7-2-3-8-14(13)23-15(10)18(22)24-17(21)12-6-4-5-11(9-12)16(19)20/h2-9H,1H3,(H,19,20). The average molecular weight is 324 g/mol. The number of carboxylic acid groups (broad SMARTS) is 1. The second kappa shape index (κ2) is 6.00. The lowest BCUT2D eigenvalue weighted by atomic mass is 10.1. The van der Waals surface area contributed by atoms with Gasteiger partial charge in [0.05, 0.1) is 11.1 Å². The van der Waals surface area contributed by atoms with E-state index in [0.29, 0.717) is 11.1 Å². The van der Waals surface area contributed by atoms with Crippen LogP contribution in [-0.4, -0.2) is 23.0 Å². The van der Waals surface area contributed by atoms with Crippen LogP contribution in [0.5, 0.6) is 0 Å². The van der Waals surface area contributed by atoms with Gasteiger partial charge in [-0.1, -0.05) is 24.3 Å². The Kier molecular flexibility index (Phi) is 3.87. The molecule has 24 heavy (non-hydrogen) atoms. The molecule has 0 saturated heterocycles. The SMILES string of the molecule is Cc1c(C(=O)OC(=O)c2cccc(C(=O)O)c2)oc2ccccc12. The topological polar surface area (TPSA) is 93.8 Å². The lowest BCUT2D eigenvalue weighted by molar-refractivity contribution is 0.0376. The highest BCUT2D eigenvalue weighted by Gasteiger charge is 2.22. The zero-order valence-electron chi connectivity index (χ0n) is 12.6. The second-order valence-electron chi connectivity index (χ2n) is 5.12. The largest absolute Gasteiger partial charge is 0.478 e. The third-order valence-electron chi connectivity index (χ3n) is 3.56. The number of carbonyl (C=O) groups is 3. The number of carboxylic acids is 1. The number of ether oxygens (including phenoxy) is 1. The molecule has 0 aliphatic carbocycles. The molecule has 3 rings (SSSR count). The zero-order chi connectivity index (χ0) is 17.3. The molecule has 1 aromatic heterocycles. The Bertz CT molecular complexity index is 967. The molecule has 3 aromatic rings. The van der Waals surface area contributed by atoms with Gasteiger partial charge in [-0.15, -0.1) is 0 Å². The smallest absolute Gasteiger partial charge is 0.382 e. The molecule has 1 N–H and O–H groups in total. The molecule has 0 unspecified atom stereocenters. The predicted octanol–water partition coefficient (Wildman–Crippen LogP) is 3.44. The predicted molar refractivity (Wildman–Crippen MR) is 84.1 cm³/mol. The number of hydrogen-bond donors (Lipinski definition) is 1. The van der Waals surface area contributed by atoms with Crippen LogP contribution < -0.4 is 0 Å². The van der Waals surface area contributed by atoms with E-state index >= 15 is 0 Å². The number of furan rings is 1. The molecule has 0 spiro atoms. The highest BCUT2D eigenvalue weighted by Crippen LogP contribution is 2.25. The van der Waals surface area contributed by atoms with Crippen LogP contribution in [0.2, 0.25) is 0 Å². The summed E-state index contributed by atoms with van der Waals surface area (Å²) in [4.78, 5) is 35.2. The summed E-state index contributed by atoms with van der Waals surface area (Å²) in [5.41, 5.74) is 0.985. The Hall–Kier alpha value is -3.41. The molecule has 120 valence electrons. The molecule has 0 atom stereocenters. The van der Waals surface area contributed by atoms with E-state index in [1.165, 1.54) is 18.2 Å². The molecule has 0 aliphatic rings. The van der Waals surface area contributed by atoms with Crippen LogP contribution in [0.4, 0.5) is 0 Å². The number of esters is 2. The van der Waals surface area contributed by atoms with Crippen LogP contribution in [0.15, 0.2) is 52.9 Å². The summed E-state index contributed by atoms with van der Waals surface area (Å²) in [5.74, 6) is -3.10. The van der Waals surface area contributed by atoms with Gasteiger partial charge < -0.3 is 14.3 Å². The minimum absolute atomic E-state index is 0.0305. The summed E-state index contributed by atoms with van der Waals surface area (Å²) in [6.07, 6.45) is 0. The van der Waals surface area contributed by atoms with Crippen molar-refractivity contribution in [2.24, 2.45) is 0 Å². The van der Waals surface area contributed by atoms with Crippen LogP contribution >= 0.6 is 0 Å². The fraction of sp³-hybridized carbons (Fsp3) is 0.0556. The van der Waals surface area contributed by atoms with E-state index in [2.05, 4.69) is 0 Å². The van der Waals surface area contributed by atoms with E-state index < -0.39 is 17.9 Å². The first-order valence-corrected chi connectivity index (χ1v) is 7.05. The van der Waals surface area contributed by atoms with Crippen molar-refractivity contribution < 1.29 is 28.6 Å². The highest BCUT2D eigenvalue weighted by molar-refractivity contribution is 6.05. The lowest BCUT2D eigenvalue weighted by Crippen LogP contribution is -2.13. The molecule has 1 heterocycles. The molecular formula is C18H12O6. The van der Waals surface area contributed by atoms with Gasteiger partial charge in [0.1, 0.15) is 5.58 Å². The van der Waals surface area contributed by atoms with E-state index in [9.17, 15) is 14.4 Å². The van der Waals surface area contributed by atoms with Crippen molar-refractivity contribution in [3.63, 3.8) is 0 Å². The number of aromatic carboxylic acids is 1. The summed E-state index contributed by atoms with van der Waals surface area (Å²) in [7, 11) is 0. The van der Waals surface area contributed by atoms with Crippen molar-refractivity contribution >= 4 is 28.9 Å². The molecule has 0 fully saturated rings. The van der Waals surface area contributed by atoms with Crippen molar-refractivity contribution in [2.75, 3.05) is 0 Å². The third kappa shape index (κ3) is 2.77. The molecule has 2 aromatic carbocycles. The number of carbonyl (C=O) groups excluding carboxylic acids is 2. The van der Waals surface area contributed by atoms with E-state index in [1.54, 1.807) is 25.1 Å². The Morgan fingerprint density at radius 1 is 0.958 bits per heavy atom.